The lowest BCUT2D eigenvalue weighted by Crippen LogP contribution is -2.11. The van der Waals surface area contributed by atoms with Crippen LogP contribution in [0.4, 0.5) is 5.69 Å². The van der Waals surface area contributed by atoms with Crippen molar-refractivity contribution in [2.75, 3.05) is 6.61 Å². The zero-order chi connectivity index (χ0) is 17.5. The topological polar surface area (TPSA) is 58.9 Å². The summed E-state index contributed by atoms with van der Waals surface area (Å²) in [6.07, 6.45) is 1.28. The smallest absolute Gasteiger partial charge is 0.343 e. The summed E-state index contributed by atoms with van der Waals surface area (Å²) >= 11 is 9.42. The lowest BCUT2D eigenvalue weighted by atomic mass is 10.1. The van der Waals surface area contributed by atoms with Crippen molar-refractivity contribution in [3.63, 3.8) is 0 Å². The quantitative estimate of drug-likeness (QED) is 0.314. The lowest BCUT2D eigenvalue weighted by Gasteiger charge is -2.08. The number of carbonyl (C=O) groups excluding carboxylic acids is 1. The van der Waals surface area contributed by atoms with E-state index in [1.54, 1.807) is 43.3 Å². The van der Waals surface area contributed by atoms with Gasteiger partial charge in [0.25, 0.3) is 0 Å². The van der Waals surface area contributed by atoms with Crippen LogP contribution in [0.5, 0.6) is 0 Å². The van der Waals surface area contributed by atoms with Crippen LogP contribution in [0.1, 0.15) is 12.5 Å². The summed E-state index contributed by atoms with van der Waals surface area (Å²) in [4.78, 5) is 16.4. The number of halogens is 2. The molecule has 0 fully saturated rings. The van der Waals surface area contributed by atoms with Crippen LogP contribution in [0.15, 0.2) is 63.6 Å². The van der Waals surface area contributed by atoms with Crippen LogP contribution in [0, 0.1) is 0 Å². The molecular formula is C18H15BrClNO3. The van der Waals surface area contributed by atoms with E-state index >= 15 is 0 Å². The van der Waals surface area contributed by atoms with E-state index in [0.717, 1.165) is 4.47 Å². The Bertz CT molecular complexity index is 785. The molecule has 0 atom stereocenters. The van der Waals surface area contributed by atoms with E-state index in [2.05, 4.69) is 20.9 Å². The fourth-order valence-corrected chi connectivity index (χ4v) is 2.37. The molecule has 6 heteroatoms. The molecule has 0 aliphatic heterocycles. The average molecular weight is 409 g/mol. The highest BCUT2D eigenvalue weighted by Gasteiger charge is 2.17. The molecule has 124 valence electrons. The molecule has 0 amide bonds. The number of nitrogens with zero attached hydrogens (tertiary/aromatic N) is 1. The van der Waals surface area contributed by atoms with E-state index < -0.39 is 5.97 Å². The summed E-state index contributed by atoms with van der Waals surface area (Å²) in [7, 11) is 0. The molecule has 2 aromatic rings. The van der Waals surface area contributed by atoms with E-state index in [1.165, 1.54) is 6.21 Å². The summed E-state index contributed by atoms with van der Waals surface area (Å²) in [5.74, 6) is -0.948. The third-order valence-electron chi connectivity index (χ3n) is 3.05. The van der Waals surface area contributed by atoms with Crippen LogP contribution in [0.3, 0.4) is 0 Å². The molecule has 0 aliphatic carbocycles. The van der Waals surface area contributed by atoms with Gasteiger partial charge in [-0.15, -0.1) is 0 Å². The molecule has 4 nitrogen and oxygen atoms in total. The SMILES string of the molecule is CCOC(=O)/C(C=Nc1ccc(Br)cc1)=C(/O)c1ccccc1Cl. The fraction of sp³-hybridized carbons (Fsp3) is 0.111. The highest BCUT2D eigenvalue weighted by Crippen LogP contribution is 2.25. The van der Waals surface area contributed by atoms with Crippen molar-refractivity contribution in [2.45, 2.75) is 6.92 Å². The second-order valence-electron chi connectivity index (χ2n) is 4.70. The predicted molar refractivity (Wildman–Crippen MR) is 99.9 cm³/mol. The molecule has 0 aromatic heterocycles. The van der Waals surface area contributed by atoms with Gasteiger partial charge in [-0.3, -0.25) is 4.99 Å². The Morgan fingerprint density at radius 3 is 2.54 bits per heavy atom. The first-order valence-electron chi connectivity index (χ1n) is 7.17. The van der Waals surface area contributed by atoms with Gasteiger partial charge < -0.3 is 9.84 Å². The number of carbonyl (C=O) groups is 1. The maximum absolute atomic E-state index is 12.2. The molecule has 0 radical (unpaired) electrons. The van der Waals surface area contributed by atoms with Crippen molar-refractivity contribution in [3.8, 4) is 0 Å². The number of aliphatic hydroxyl groups is 1. The summed E-state index contributed by atoms with van der Waals surface area (Å²) in [5, 5.41) is 10.8. The average Bonchev–Trinajstić information content (AvgIpc) is 2.57. The molecule has 0 aliphatic rings. The van der Waals surface area contributed by atoms with Gasteiger partial charge in [-0.1, -0.05) is 39.7 Å². The highest BCUT2D eigenvalue weighted by atomic mass is 79.9. The van der Waals surface area contributed by atoms with Crippen LogP contribution in [0.25, 0.3) is 5.76 Å². The minimum atomic E-state index is -0.671. The van der Waals surface area contributed by atoms with Crippen molar-refractivity contribution >= 4 is 51.2 Å². The Kier molecular flexibility index (Phi) is 6.58. The van der Waals surface area contributed by atoms with Crippen LogP contribution >= 0.6 is 27.5 Å². The van der Waals surface area contributed by atoms with Gasteiger partial charge in [-0.05, 0) is 43.3 Å². The zero-order valence-corrected chi connectivity index (χ0v) is 15.2. The van der Waals surface area contributed by atoms with Crippen LogP contribution < -0.4 is 0 Å². The molecule has 2 aromatic carbocycles. The number of ether oxygens (including phenoxy) is 1. The summed E-state index contributed by atoms with van der Waals surface area (Å²) < 4.78 is 5.91. The van der Waals surface area contributed by atoms with Crippen molar-refractivity contribution in [3.05, 3.63) is 69.2 Å². The van der Waals surface area contributed by atoms with Crippen molar-refractivity contribution in [2.24, 2.45) is 4.99 Å². The Labute approximate surface area is 153 Å². The van der Waals surface area contributed by atoms with Crippen molar-refractivity contribution in [1.29, 1.82) is 0 Å². The number of benzene rings is 2. The van der Waals surface area contributed by atoms with Crippen molar-refractivity contribution < 1.29 is 14.6 Å². The summed E-state index contributed by atoms with van der Waals surface area (Å²) in [5.41, 5.74) is 0.907. The minimum Gasteiger partial charge on any atom is -0.506 e. The maximum atomic E-state index is 12.2. The molecule has 0 heterocycles. The first-order valence-corrected chi connectivity index (χ1v) is 8.35. The van der Waals surface area contributed by atoms with Gasteiger partial charge >= 0.3 is 5.97 Å². The van der Waals surface area contributed by atoms with E-state index in [9.17, 15) is 9.90 Å². The molecule has 0 unspecified atom stereocenters. The predicted octanol–water partition coefficient (Wildman–Crippen LogP) is 5.34. The Hall–Kier alpha value is -2.11. The number of aliphatic hydroxyl groups excluding tert-OH is 1. The molecule has 1 N–H and O–H groups in total. The first-order chi connectivity index (χ1) is 11.5. The molecule has 0 saturated heterocycles. The molecular weight excluding hydrogens is 394 g/mol. The van der Waals surface area contributed by atoms with Gasteiger partial charge in [0.05, 0.1) is 17.3 Å². The maximum Gasteiger partial charge on any atom is 0.343 e. The van der Waals surface area contributed by atoms with Gasteiger partial charge in [0.2, 0.25) is 0 Å². The Morgan fingerprint density at radius 1 is 1.25 bits per heavy atom. The number of esters is 1. The Morgan fingerprint density at radius 2 is 1.92 bits per heavy atom. The summed E-state index contributed by atoms with van der Waals surface area (Å²) in [6, 6.07) is 13.9. The van der Waals surface area contributed by atoms with E-state index in [4.69, 9.17) is 16.3 Å². The fourth-order valence-electron chi connectivity index (χ4n) is 1.88. The third-order valence-corrected chi connectivity index (χ3v) is 3.91. The van der Waals surface area contributed by atoms with Gasteiger partial charge in [-0.2, -0.15) is 0 Å². The second kappa shape index (κ2) is 8.66. The third kappa shape index (κ3) is 4.69. The standard InChI is InChI=1S/C18H15BrClNO3/c1-2-24-18(23)15(11-21-13-9-7-12(19)8-10-13)17(22)14-5-3-4-6-16(14)20/h3-11,22H,2H2,1H3/b17-15+,21-11?. The van der Waals surface area contributed by atoms with Gasteiger partial charge in [0.1, 0.15) is 11.3 Å². The minimum absolute atomic E-state index is 0.0622. The van der Waals surface area contributed by atoms with E-state index in [0.29, 0.717) is 16.3 Å². The monoisotopic (exact) mass is 407 g/mol. The van der Waals surface area contributed by atoms with Gasteiger partial charge in [-0.25, -0.2) is 4.79 Å². The molecule has 24 heavy (non-hydrogen) atoms. The second-order valence-corrected chi connectivity index (χ2v) is 6.02. The van der Waals surface area contributed by atoms with Crippen LogP contribution in [0.2, 0.25) is 5.02 Å². The number of aliphatic imine (C=N–C) groups is 1. The molecule has 0 saturated carbocycles. The van der Waals surface area contributed by atoms with E-state index in [-0.39, 0.29) is 17.9 Å². The molecule has 0 spiro atoms. The van der Waals surface area contributed by atoms with Gasteiger partial charge in [0, 0.05) is 16.3 Å². The lowest BCUT2D eigenvalue weighted by molar-refractivity contribution is -0.137. The van der Waals surface area contributed by atoms with Crippen LogP contribution in [-0.2, 0) is 9.53 Å². The number of rotatable bonds is 5. The van der Waals surface area contributed by atoms with Crippen molar-refractivity contribution in [1.82, 2.24) is 0 Å². The van der Waals surface area contributed by atoms with Crippen LogP contribution in [-0.4, -0.2) is 23.9 Å². The van der Waals surface area contributed by atoms with E-state index in [1.807, 2.05) is 12.1 Å². The Balaban J connectivity index is 2.44. The highest BCUT2D eigenvalue weighted by molar-refractivity contribution is 9.10. The number of hydrogen-bond donors (Lipinski definition) is 1. The molecule has 2 rings (SSSR count). The first kappa shape index (κ1) is 18.2. The molecule has 0 bridgehead atoms. The zero-order valence-electron chi connectivity index (χ0n) is 12.9. The largest absolute Gasteiger partial charge is 0.506 e. The number of hydrogen-bond acceptors (Lipinski definition) is 4. The van der Waals surface area contributed by atoms with Gasteiger partial charge in [0.15, 0.2) is 0 Å². The summed E-state index contributed by atoms with van der Waals surface area (Å²) in [6.45, 7) is 1.87. The normalized spacial score (nSPS) is 12.1.